The minimum Gasteiger partial charge on any atom is -0.334 e. The van der Waals surface area contributed by atoms with Crippen LogP contribution in [0.2, 0.25) is 0 Å². The maximum atomic E-state index is 4.10. The number of hydrogen-bond acceptors (Lipinski definition) is 1. The second-order valence-corrected chi connectivity index (χ2v) is 3.59. The smallest absolute Gasteiger partial charge is 0.124 e. The molecule has 0 saturated carbocycles. The standard InChI is InChI=1S/C8H13BrN2/c1-3-4-7(2)11-5-8(9)10-6-11/h5-7H,3-4H2,1-2H3. The van der Waals surface area contributed by atoms with E-state index < -0.39 is 0 Å². The number of hydrogen-bond donors (Lipinski definition) is 0. The summed E-state index contributed by atoms with van der Waals surface area (Å²) in [6, 6.07) is 0.568. The number of nitrogens with zero attached hydrogens (tertiary/aromatic N) is 2. The van der Waals surface area contributed by atoms with Crippen molar-refractivity contribution in [3.8, 4) is 0 Å². The van der Waals surface area contributed by atoms with E-state index in [1.54, 1.807) is 0 Å². The summed E-state index contributed by atoms with van der Waals surface area (Å²) in [5.41, 5.74) is 0. The van der Waals surface area contributed by atoms with Gasteiger partial charge in [0.05, 0.1) is 6.33 Å². The largest absolute Gasteiger partial charge is 0.334 e. The second kappa shape index (κ2) is 3.90. The Morgan fingerprint density at radius 1 is 1.73 bits per heavy atom. The zero-order valence-electron chi connectivity index (χ0n) is 6.92. The Kier molecular flexibility index (Phi) is 3.12. The average Bonchev–Trinajstić information content (AvgIpc) is 2.36. The highest BCUT2D eigenvalue weighted by molar-refractivity contribution is 9.10. The predicted molar refractivity (Wildman–Crippen MR) is 49.5 cm³/mol. The van der Waals surface area contributed by atoms with Crippen molar-refractivity contribution in [2.75, 3.05) is 0 Å². The summed E-state index contributed by atoms with van der Waals surface area (Å²) in [6.45, 7) is 4.40. The van der Waals surface area contributed by atoms with Crippen LogP contribution < -0.4 is 0 Å². The van der Waals surface area contributed by atoms with Crippen molar-refractivity contribution in [1.82, 2.24) is 9.55 Å². The van der Waals surface area contributed by atoms with Gasteiger partial charge in [0.25, 0.3) is 0 Å². The van der Waals surface area contributed by atoms with Crippen molar-refractivity contribution in [1.29, 1.82) is 0 Å². The van der Waals surface area contributed by atoms with Crippen molar-refractivity contribution in [2.24, 2.45) is 0 Å². The van der Waals surface area contributed by atoms with E-state index in [9.17, 15) is 0 Å². The van der Waals surface area contributed by atoms with E-state index in [1.807, 2.05) is 12.5 Å². The normalized spacial score (nSPS) is 13.4. The Morgan fingerprint density at radius 2 is 2.45 bits per heavy atom. The molecule has 1 aromatic heterocycles. The molecule has 1 atom stereocenters. The predicted octanol–water partition coefficient (Wildman–Crippen LogP) is 3.01. The molecule has 1 heterocycles. The Labute approximate surface area is 75.8 Å². The first-order valence-electron chi connectivity index (χ1n) is 3.93. The molecule has 0 saturated heterocycles. The molecule has 0 aliphatic heterocycles. The molecule has 1 unspecified atom stereocenters. The van der Waals surface area contributed by atoms with Crippen LogP contribution >= 0.6 is 15.9 Å². The third-order valence-electron chi connectivity index (χ3n) is 1.79. The molecule has 1 aromatic rings. The third kappa shape index (κ3) is 2.33. The van der Waals surface area contributed by atoms with Crippen molar-refractivity contribution in [2.45, 2.75) is 32.7 Å². The molecule has 3 heteroatoms. The summed E-state index contributed by atoms with van der Waals surface area (Å²) in [4.78, 5) is 4.10. The lowest BCUT2D eigenvalue weighted by molar-refractivity contribution is 0.500. The summed E-state index contributed by atoms with van der Waals surface area (Å²) >= 11 is 3.32. The van der Waals surface area contributed by atoms with Gasteiger partial charge in [0.1, 0.15) is 4.60 Å². The van der Waals surface area contributed by atoms with Gasteiger partial charge in [0.2, 0.25) is 0 Å². The van der Waals surface area contributed by atoms with E-state index in [0.29, 0.717) is 6.04 Å². The highest BCUT2D eigenvalue weighted by Crippen LogP contribution is 2.14. The van der Waals surface area contributed by atoms with Gasteiger partial charge in [-0.1, -0.05) is 13.3 Å². The first-order chi connectivity index (χ1) is 5.24. The lowest BCUT2D eigenvalue weighted by Crippen LogP contribution is -2.00. The zero-order chi connectivity index (χ0) is 8.27. The summed E-state index contributed by atoms with van der Waals surface area (Å²) < 4.78 is 3.05. The van der Waals surface area contributed by atoms with E-state index in [0.717, 1.165) is 4.60 Å². The molecular weight excluding hydrogens is 204 g/mol. The van der Waals surface area contributed by atoms with E-state index in [-0.39, 0.29) is 0 Å². The molecule has 62 valence electrons. The van der Waals surface area contributed by atoms with Crippen LogP contribution in [-0.4, -0.2) is 9.55 Å². The summed E-state index contributed by atoms with van der Waals surface area (Å²) in [6.07, 6.45) is 6.31. The van der Waals surface area contributed by atoms with Crippen LogP contribution in [0, 0.1) is 0 Å². The first kappa shape index (κ1) is 8.78. The molecule has 0 aromatic carbocycles. The Morgan fingerprint density at radius 3 is 2.91 bits per heavy atom. The van der Waals surface area contributed by atoms with E-state index >= 15 is 0 Å². The van der Waals surface area contributed by atoms with Gasteiger partial charge < -0.3 is 4.57 Å². The minimum absolute atomic E-state index is 0.568. The van der Waals surface area contributed by atoms with E-state index in [1.165, 1.54) is 12.8 Å². The fraction of sp³-hybridized carbons (Fsp3) is 0.625. The monoisotopic (exact) mass is 216 g/mol. The van der Waals surface area contributed by atoms with Crippen molar-refractivity contribution >= 4 is 15.9 Å². The van der Waals surface area contributed by atoms with Gasteiger partial charge in [0.15, 0.2) is 0 Å². The highest BCUT2D eigenvalue weighted by atomic mass is 79.9. The number of imidazole rings is 1. The quantitative estimate of drug-likeness (QED) is 0.760. The molecule has 0 aliphatic carbocycles. The van der Waals surface area contributed by atoms with Crippen LogP contribution in [0.5, 0.6) is 0 Å². The van der Waals surface area contributed by atoms with Gasteiger partial charge >= 0.3 is 0 Å². The van der Waals surface area contributed by atoms with Crippen LogP contribution in [0.25, 0.3) is 0 Å². The molecule has 2 nitrogen and oxygen atoms in total. The molecule has 0 amide bonds. The first-order valence-corrected chi connectivity index (χ1v) is 4.72. The van der Waals surface area contributed by atoms with Crippen molar-refractivity contribution < 1.29 is 0 Å². The van der Waals surface area contributed by atoms with E-state index in [2.05, 4.69) is 39.3 Å². The van der Waals surface area contributed by atoms with Crippen LogP contribution in [0.1, 0.15) is 32.7 Å². The average molecular weight is 217 g/mol. The summed E-state index contributed by atoms with van der Waals surface area (Å²) in [5, 5.41) is 0. The Hall–Kier alpha value is -0.310. The molecule has 0 bridgehead atoms. The lowest BCUT2D eigenvalue weighted by atomic mass is 10.2. The SMILES string of the molecule is CCCC(C)n1cnc(Br)c1. The molecule has 0 radical (unpaired) electrons. The van der Waals surface area contributed by atoms with Gasteiger partial charge in [-0.15, -0.1) is 0 Å². The van der Waals surface area contributed by atoms with Gasteiger partial charge in [-0.3, -0.25) is 0 Å². The fourth-order valence-electron chi connectivity index (χ4n) is 1.12. The Bertz CT molecular complexity index is 220. The van der Waals surface area contributed by atoms with Crippen molar-refractivity contribution in [3.05, 3.63) is 17.1 Å². The van der Waals surface area contributed by atoms with Crippen LogP contribution in [0.4, 0.5) is 0 Å². The van der Waals surface area contributed by atoms with E-state index in [4.69, 9.17) is 0 Å². The topological polar surface area (TPSA) is 17.8 Å². The van der Waals surface area contributed by atoms with Gasteiger partial charge in [-0.25, -0.2) is 4.98 Å². The lowest BCUT2D eigenvalue weighted by Gasteiger charge is -2.10. The summed E-state index contributed by atoms with van der Waals surface area (Å²) in [7, 11) is 0. The highest BCUT2D eigenvalue weighted by Gasteiger charge is 2.02. The Balaban J connectivity index is 2.60. The third-order valence-corrected chi connectivity index (χ3v) is 2.19. The summed E-state index contributed by atoms with van der Waals surface area (Å²) in [5.74, 6) is 0. The molecule has 0 N–H and O–H groups in total. The zero-order valence-corrected chi connectivity index (χ0v) is 8.50. The number of halogens is 1. The number of aromatic nitrogens is 2. The van der Waals surface area contributed by atoms with Gasteiger partial charge in [-0.2, -0.15) is 0 Å². The molecule has 0 fully saturated rings. The van der Waals surface area contributed by atoms with Crippen LogP contribution in [0.3, 0.4) is 0 Å². The van der Waals surface area contributed by atoms with Crippen LogP contribution in [0.15, 0.2) is 17.1 Å². The molecule has 11 heavy (non-hydrogen) atoms. The maximum Gasteiger partial charge on any atom is 0.124 e. The van der Waals surface area contributed by atoms with Gasteiger partial charge in [-0.05, 0) is 29.3 Å². The van der Waals surface area contributed by atoms with Crippen LogP contribution in [-0.2, 0) is 0 Å². The molecule has 0 spiro atoms. The molecule has 0 aliphatic rings. The fourth-order valence-corrected chi connectivity index (χ4v) is 1.45. The number of rotatable bonds is 3. The maximum absolute atomic E-state index is 4.10. The minimum atomic E-state index is 0.568. The van der Waals surface area contributed by atoms with Gasteiger partial charge in [0, 0.05) is 12.2 Å². The molecule has 1 rings (SSSR count). The van der Waals surface area contributed by atoms with Crippen molar-refractivity contribution in [3.63, 3.8) is 0 Å². The molecular formula is C8H13BrN2. The second-order valence-electron chi connectivity index (χ2n) is 2.78.